The topological polar surface area (TPSA) is 74.3 Å². The Morgan fingerprint density at radius 3 is 2.63 bits per heavy atom. The fourth-order valence-electron chi connectivity index (χ4n) is 3.44. The molecule has 1 saturated heterocycles. The normalized spacial score (nSPS) is 19.6. The highest BCUT2D eigenvalue weighted by Gasteiger charge is 2.37. The highest BCUT2D eigenvalue weighted by atomic mass is 16.2. The lowest BCUT2D eigenvalue weighted by atomic mass is 10.1. The van der Waals surface area contributed by atoms with Gasteiger partial charge in [0.25, 0.3) is 5.91 Å². The van der Waals surface area contributed by atoms with E-state index in [0.29, 0.717) is 31.6 Å². The third-order valence-corrected chi connectivity index (χ3v) is 4.79. The molecule has 2 N–H and O–H groups in total. The maximum absolute atomic E-state index is 12.5. The number of nitrogens with one attached hydrogen (secondary N) is 2. The molecule has 1 aliphatic heterocycles. The maximum Gasteiger partial charge on any atom is 0.253 e. The van der Waals surface area contributed by atoms with E-state index in [4.69, 9.17) is 0 Å². The number of hydrogen-bond acceptors (Lipinski definition) is 4. The second-order valence-corrected chi connectivity index (χ2v) is 6.92. The van der Waals surface area contributed by atoms with E-state index in [1.165, 1.54) is 0 Å². The molecule has 1 fully saturated rings. The molecule has 27 heavy (non-hydrogen) atoms. The van der Waals surface area contributed by atoms with Crippen LogP contribution in [0.1, 0.15) is 35.0 Å². The van der Waals surface area contributed by atoms with E-state index in [9.17, 15) is 9.59 Å². The molecule has 2 atom stereocenters. The van der Waals surface area contributed by atoms with Crippen LogP contribution < -0.4 is 10.6 Å². The van der Waals surface area contributed by atoms with Crippen molar-refractivity contribution in [3.63, 3.8) is 0 Å². The fraction of sp³-hybridized carbons (Fsp3) is 0.381. The molecule has 2 amide bonds. The summed E-state index contributed by atoms with van der Waals surface area (Å²) >= 11 is 0. The number of rotatable bonds is 6. The van der Waals surface area contributed by atoms with Gasteiger partial charge in [-0.25, -0.2) is 0 Å². The van der Waals surface area contributed by atoms with Crippen molar-refractivity contribution in [3.8, 4) is 0 Å². The summed E-state index contributed by atoms with van der Waals surface area (Å²) < 4.78 is 0. The van der Waals surface area contributed by atoms with E-state index < -0.39 is 0 Å². The van der Waals surface area contributed by atoms with Gasteiger partial charge in [-0.05, 0) is 38.0 Å². The molecule has 0 spiro atoms. The van der Waals surface area contributed by atoms with Crippen molar-refractivity contribution < 1.29 is 9.59 Å². The first-order valence-corrected chi connectivity index (χ1v) is 9.36. The Labute approximate surface area is 160 Å². The largest absolute Gasteiger partial charge is 0.355 e. The molecule has 0 radical (unpaired) electrons. The molecular weight excluding hydrogens is 340 g/mol. The number of amides is 2. The summed E-state index contributed by atoms with van der Waals surface area (Å²) in [4.78, 5) is 31.3. The van der Waals surface area contributed by atoms with E-state index in [1.807, 2.05) is 38.1 Å². The second-order valence-electron chi connectivity index (χ2n) is 6.92. The van der Waals surface area contributed by atoms with Gasteiger partial charge in [-0.3, -0.25) is 19.5 Å². The monoisotopic (exact) mass is 366 g/mol. The third kappa shape index (κ3) is 4.92. The molecule has 1 aromatic heterocycles. The van der Waals surface area contributed by atoms with Gasteiger partial charge in [0.1, 0.15) is 0 Å². The van der Waals surface area contributed by atoms with Crippen molar-refractivity contribution in [1.82, 2.24) is 20.5 Å². The lowest BCUT2D eigenvalue weighted by molar-refractivity contribution is -0.125. The number of likely N-dealkylation sites (tertiary alicyclic amines) is 1. The number of aromatic nitrogens is 1. The molecule has 2 heterocycles. The van der Waals surface area contributed by atoms with Crippen LogP contribution in [0.2, 0.25) is 0 Å². The highest BCUT2D eigenvalue weighted by molar-refractivity contribution is 5.94. The van der Waals surface area contributed by atoms with Crippen LogP contribution in [0.5, 0.6) is 0 Å². The Morgan fingerprint density at radius 2 is 1.96 bits per heavy atom. The number of carbonyl (C=O) groups excluding carboxylic acids is 2. The zero-order chi connectivity index (χ0) is 19.2. The average Bonchev–Trinajstić information content (AvgIpc) is 3.05. The molecule has 1 aliphatic rings. The van der Waals surface area contributed by atoms with Gasteiger partial charge in [-0.15, -0.1) is 0 Å². The van der Waals surface area contributed by atoms with E-state index in [2.05, 4.69) is 32.7 Å². The molecule has 1 aromatic carbocycles. The zero-order valence-electron chi connectivity index (χ0n) is 15.8. The van der Waals surface area contributed by atoms with Crippen LogP contribution in [0.3, 0.4) is 0 Å². The van der Waals surface area contributed by atoms with Gasteiger partial charge in [-0.2, -0.15) is 0 Å². The Balaban J connectivity index is 1.68. The molecule has 2 unspecified atom stereocenters. The summed E-state index contributed by atoms with van der Waals surface area (Å²) in [6.07, 6.45) is 2.19. The van der Waals surface area contributed by atoms with Crippen LogP contribution in [-0.4, -0.2) is 46.9 Å². The molecule has 2 aromatic rings. The summed E-state index contributed by atoms with van der Waals surface area (Å²) in [5.41, 5.74) is 2.57. The van der Waals surface area contributed by atoms with Crippen molar-refractivity contribution in [2.75, 3.05) is 13.1 Å². The van der Waals surface area contributed by atoms with Gasteiger partial charge in [0.2, 0.25) is 5.91 Å². The van der Waals surface area contributed by atoms with E-state index in [1.54, 1.807) is 12.3 Å². The third-order valence-electron chi connectivity index (χ3n) is 4.79. The number of nitrogens with zero attached hydrogens (tertiary/aromatic N) is 2. The van der Waals surface area contributed by atoms with Crippen LogP contribution >= 0.6 is 0 Å². The van der Waals surface area contributed by atoms with E-state index in [-0.39, 0.29) is 23.9 Å². The van der Waals surface area contributed by atoms with Crippen molar-refractivity contribution in [2.24, 2.45) is 0 Å². The van der Waals surface area contributed by atoms with E-state index >= 15 is 0 Å². The van der Waals surface area contributed by atoms with E-state index in [0.717, 1.165) is 11.3 Å². The number of hydrogen-bond donors (Lipinski definition) is 2. The van der Waals surface area contributed by atoms with Crippen LogP contribution in [-0.2, 0) is 11.3 Å². The minimum Gasteiger partial charge on any atom is -0.355 e. The van der Waals surface area contributed by atoms with Gasteiger partial charge >= 0.3 is 0 Å². The van der Waals surface area contributed by atoms with Crippen molar-refractivity contribution in [2.45, 2.75) is 38.9 Å². The Morgan fingerprint density at radius 1 is 1.19 bits per heavy atom. The summed E-state index contributed by atoms with van der Waals surface area (Å²) in [7, 11) is 0. The molecule has 142 valence electrons. The van der Waals surface area contributed by atoms with Crippen molar-refractivity contribution in [3.05, 3.63) is 65.5 Å². The first kappa shape index (κ1) is 19.0. The van der Waals surface area contributed by atoms with Crippen molar-refractivity contribution in [1.29, 1.82) is 0 Å². The Kier molecular flexibility index (Phi) is 6.19. The quantitative estimate of drug-likeness (QED) is 0.819. The highest BCUT2D eigenvalue weighted by Crippen LogP contribution is 2.21. The molecule has 0 aliphatic carbocycles. The number of benzene rings is 1. The Bertz CT molecular complexity index is 777. The average molecular weight is 366 g/mol. The molecule has 3 rings (SSSR count). The number of carbonyl (C=O) groups is 2. The molecule has 6 nitrogen and oxygen atoms in total. The minimum atomic E-state index is -0.244. The Hall–Kier alpha value is -2.73. The minimum absolute atomic E-state index is 0.0159. The van der Waals surface area contributed by atoms with Gasteiger partial charge in [0, 0.05) is 37.6 Å². The number of pyridine rings is 1. The van der Waals surface area contributed by atoms with Crippen molar-refractivity contribution >= 4 is 11.8 Å². The summed E-state index contributed by atoms with van der Waals surface area (Å²) in [5.74, 6) is -0.133. The first-order chi connectivity index (χ1) is 13.1. The molecule has 0 saturated carbocycles. The molecule has 0 bridgehead atoms. The van der Waals surface area contributed by atoms with Gasteiger partial charge in [-0.1, -0.05) is 30.3 Å². The lowest BCUT2D eigenvalue weighted by Crippen LogP contribution is -2.42. The first-order valence-electron chi connectivity index (χ1n) is 9.36. The second kappa shape index (κ2) is 8.77. The molecular formula is C21H26N4O2. The summed E-state index contributed by atoms with van der Waals surface area (Å²) in [5, 5.41) is 5.97. The zero-order valence-corrected chi connectivity index (χ0v) is 15.8. The van der Waals surface area contributed by atoms with Crippen LogP contribution in [0.15, 0.2) is 48.7 Å². The number of likely N-dealkylation sites (N-methyl/N-ethyl adjacent to an activating group) is 1. The summed E-state index contributed by atoms with van der Waals surface area (Å²) in [6.45, 7) is 5.72. The van der Waals surface area contributed by atoms with Crippen LogP contribution in [0.25, 0.3) is 0 Å². The number of aryl methyl sites for hydroxylation is 1. The van der Waals surface area contributed by atoms with Gasteiger partial charge in [0.15, 0.2) is 0 Å². The lowest BCUT2D eigenvalue weighted by Gasteiger charge is -2.23. The van der Waals surface area contributed by atoms with Crippen LogP contribution in [0.4, 0.5) is 0 Å². The molecule has 6 heteroatoms. The summed E-state index contributed by atoms with van der Waals surface area (Å²) in [6, 6.07) is 13.4. The standard InChI is InChI=1S/C21H26N4O2/c1-3-22-21(27)19-11-18(14-25(19)13-16-7-5-4-6-8-16)24-20(26)17-10-9-15(2)23-12-17/h4-10,12,18-19H,3,11,13-14H2,1-2H3,(H,22,27)(H,24,26). The smallest absolute Gasteiger partial charge is 0.253 e. The fourth-order valence-corrected chi connectivity index (χ4v) is 3.44. The predicted octanol–water partition coefficient (Wildman–Crippen LogP) is 1.90. The van der Waals surface area contributed by atoms with Gasteiger partial charge < -0.3 is 10.6 Å². The SMILES string of the molecule is CCNC(=O)C1CC(NC(=O)c2ccc(C)nc2)CN1Cc1ccccc1. The van der Waals surface area contributed by atoms with Gasteiger partial charge in [0.05, 0.1) is 11.6 Å². The van der Waals surface area contributed by atoms with Crippen LogP contribution in [0, 0.1) is 6.92 Å². The predicted molar refractivity (Wildman–Crippen MR) is 104 cm³/mol. The maximum atomic E-state index is 12.5.